The molecular formula is C11H18O. The first kappa shape index (κ1) is 9.50. The summed E-state index contributed by atoms with van der Waals surface area (Å²) in [5, 5.41) is 0. The van der Waals surface area contributed by atoms with Crippen LogP contribution in [0.15, 0.2) is 12.7 Å². The molecule has 0 saturated heterocycles. The third kappa shape index (κ3) is 3.70. The van der Waals surface area contributed by atoms with E-state index in [2.05, 4.69) is 6.58 Å². The van der Waals surface area contributed by atoms with E-state index in [9.17, 15) is 4.79 Å². The van der Waals surface area contributed by atoms with E-state index in [4.69, 9.17) is 0 Å². The van der Waals surface area contributed by atoms with Gasteiger partial charge in [-0.2, -0.15) is 0 Å². The van der Waals surface area contributed by atoms with Crippen LogP contribution in [-0.2, 0) is 4.79 Å². The predicted octanol–water partition coefficient (Wildman–Crippen LogP) is 3.10. The molecule has 0 radical (unpaired) electrons. The topological polar surface area (TPSA) is 17.1 Å². The summed E-state index contributed by atoms with van der Waals surface area (Å²) < 4.78 is 0. The van der Waals surface area contributed by atoms with Crippen LogP contribution in [-0.4, -0.2) is 5.78 Å². The number of hydrogen-bond acceptors (Lipinski definition) is 1. The number of rotatable bonds is 7. The van der Waals surface area contributed by atoms with Crippen LogP contribution in [0.2, 0.25) is 0 Å². The van der Waals surface area contributed by atoms with Gasteiger partial charge in [-0.05, 0) is 32.1 Å². The van der Waals surface area contributed by atoms with Crippen LogP contribution in [0.1, 0.15) is 44.9 Å². The lowest BCUT2D eigenvalue weighted by Crippen LogP contribution is -1.99. The molecule has 1 rings (SSSR count). The van der Waals surface area contributed by atoms with Crippen LogP contribution in [0.5, 0.6) is 0 Å². The zero-order valence-corrected chi connectivity index (χ0v) is 7.72. The quantitative estimate of drug-likeness (QED) is 0.419. The summed E-state index contributed by atoms with van der Waals surface area (Å²) in [5.74, 6) is 0.970. The monoisotopic (exact) mass is 166 g/mol. The van der Waals surface area contributed by atoms with Crippen molar-refractivity contribution in [1.29, 1.82) is 0 Å². The van der Waals surface area contributed by atoms with Crippen molar-refractivity contribution in [1.82, 2.24) is 0 Å². The molecule has 1 aliphatic rings. The van der Waals surface area contributed by atoms with E-state index in [1.807, 2.05) is 6.08 Å². The van der Waals surface area contributed by atoms with Crippen LogP contribution in [0.4, 0.5) is 0 Å². The largest absolute Gasteiger partial charge is 0.299 e. The maximum atomic E-state index is 11.2. The van der Waals surface area contributed by atoms with Crippen LogP contribution in [0, 0.1) is 5.92 Å². The molecule has 12 heavy (non-hydrogen) atoms. The number of carbonyl (C=O) groups is 1. The van der Waals surface area contributed by atoms with Gasteiger partial charge >= 0.3 is 0 Å². The Labute approximate surface area is 74.9 Å². The van der Waals surface area contributed by atoms with Crippen molar-refractivity contribution in [2.24, 2.45) is 5.92 Å². The summed E-state index contributed by atoms with van der Waals surface area (Å²) in [5.41, 5.74) is 0. The maximum Gasteiger partial charge on any atom is 0.135 e. The highest BCUT2D eigenvalue weighted by atomic mass is 16.1. The summed E-state index contributed by atoms with van der Waals surface area (Å²) in [7, 11) is 0. The number of hydrogen-bond donors (Lipinski definition) is 0. The third-order valence-electron chi connectivity index (χ3n) is 2.36. The zero-order valence-electron chi connectivity index (χ0n) is 7.72. The Morgan fingerprint density at radius 1 is 1.33 bits per heavy atom. The third-order valence-corrected chi connectivity index (χ3v) is 2.36. The van der Waals surface area contributed by atoms with Gasteiger partial charge in [0, 0.05) is 12.3 Å². The Kier molecular flexibility index (Phi) is 4.06. The molecule has 0 heterocycles. The molecule has 0 aliphatic heterocycles. The van der Waals surface area contributed by atoms with Crippen LogP contribution in [0.3, 0.4) is 0 Å². The summed E-state index contributed by atoms with van der Waals surface area (Å²) in [4.78, 5) is 11.2. The normalized spacial score (nSPS) is 16.0. The van der Waals surface area contributed by atoms with Gasteiger partial charge in [0.05, 0.1) is 0 Å². The Balaban J connectivity index is 1.87. The molecule has 0 aromatic heterocycles. The fourth-order valence-corrected chi connectivity index (χ4v) is 1.37. The van der Waals surface area contributed by atoms with E-state index in [0.717, 1.165) is 32.1 Å². The van der Waals surface area contributed by atoms with Crippen LogP contribution >= 0.6 is 0 Å². The van der Waals surface area contributed by atoms with E-state index in [-0.39, 0.29) is 0 Å². The van der Waals surface area contributed by atoms with Crippen molar-refractivity contribution in [3.63, 3.8) is 0 Å². The Morgan fingerprint density at radius 2 is 2.08 bits per heavy atom. The molecule has 1 aliphatic carbocycles. The molecule has 0 N–H and O–H groups in total. The van der Waals surface area contributed by atoms with Gasteiger partial charge in [0.2, 0.25) is 0 Å². The van der Waals surface area contributed by atoms with E-state index >= 15 is 0 Å². The summed E-state index contributed by atoms with van der Waals surface area (Å²) in [6.07, 6.45) is 9.65. The molecule has 0 unspecified atom stereocenters. The smallest absolute Gasteiger partial charge is 0.135 e. The molecule has 1 heteroatoms. The molecular weight excluding hydrogens is 148 g/mol. The van der Waals surface area contributed by atoms with Gasteiger partial charge in [0.1, 0.15) is 5.78 Å². The van der Waals surface area contributed by atoms with E-state index in [1.165, 1.54) is 12.8 Å². The summed E-state index contributed by atoms with van der Waals surface area (Å²) in [6.45, 7) is 3.66. The van der Waals surface area contributed by atoms with E-state index < -0.39 is 0 Å². The molecule has 0 aromatic rings. The maximum absolute atomic E-state index is 11.2. The summed E-state index contributed by atoms with van der Waals surface area (Å²) in [6, 6.07) is 0. The predicted molar refractivity (Wildman–Crippen MR) is 51.0 cm³/mol. The van der Waals surface area contributed by atoms with Crippen molar-refractivity contribution in [2.45, 2.75) is 44.9 Å². The SMILES string of the molecule is C=CCCCCCC(=O)C1CC1. The molecule has 1 nitrogen and oxygen atoms in total. The average Bonchev–Trinajstić information content (AvgIpc) is 2.86. The van der Waals surface area contributed by atoms with Gasteiger partial charge in [-0.1, -0.05) is 12.5 Å². The van der Waals surface area contributed by atoms with Crippen LogP contribution < -0.4 is 0 Å². The van der Waals surface area contributed by atoms with E-state index in [0.29, 0.717) is 11.7 Å². The summed E-state index contributed by atoms with van der Waals surface area (Å²) >= 11 is 0. The second-order valence-corrected chi connectivity index (χ2v) is 3.63. The first-order valence-corrected chi connectivity index (χ1v) is 4.98. The average molecular weight is 166 g/mol. The molecule has 1 fully saturated rings. The van der Waals surface area contributed by atoms with E-state index in [1.54, 1.807) is 0 Å². The van der Waals surface area contributed by atoms with Gasteiger partial charge in [-0.15, -0.1) is 6.58 Å². The fraction of sp³-hybridized carbons (Fsp3) is 0.727. The fourth-order valence-electron chi connectivity index (χ4n) is 1.37. The van der Waals surface area contributed by atoms with Crippen molar-refractivity contribution >= 4 is 5.78 Å². The second-order valence-electron chi connectivity index (χ2n) is 3.63. The van der Waals surface area contributed by atoms with Gasteiger partial charge in [0.25, 0.3) is 0 Å². The molecule has 1 saturated carbocycles. The second kappa shape index (κ2) is 5.13. The highest BCUT2D eigenvalue weighted by molar-refractivity contribution is 5.82. The molecule has 0 atom stereocenters. The number of allylic oxidation sites excluding steroid dienone is 1. The number of unbranched alkanes of at least 4 members (excludes halogenated alkanes) is 3. The van der Waals surface area contributed by atoms with Crippen molar-refractivity contribution in [2.75, 3.05) is 0 Å². The molecule has 0 aromatic carbocycles. The number of ketones is 1. The van der Waals surface area contributed by atoms with Crippen molar-refractivity contribution in [3.8, 4) is 0 Å². The van der Waals surface area contributed by atoms with Gasteiger partial charge < -0.3 is 0 Å². The minimum Gasteiger partial charge on any atom is -0.299 e. The molecule has 0 spiro atoms. The highest BCUT2D eigenvalue weighted by Gasteiger charge is 2.28. The minimum absolute atomic E-state index is 0.462. The standard InChI is InChI=1S/C11H18O/c1-2-3-4-5-6-7-11(12)10-8-9-10/h2,10H,1,3-9H2. The Bertz CT molecular complexity index is 156. The highest BCUT2D eigenvalue weighted by Crippen LogP contribution is 2.31. The lowest BCUT2D eigenvalue weighted by molar-refractivity contribution is -0.120. The van der Waals surface area contributed by atoms with Crippen molar-refractivity contribution in [3.05, 3.63) is 12.7 Å². The lowest BCUT2D eigenvalue weighted by atomic mass is 10.1. The van der Waals surface area contributed by atoms with Crippen molar-refractivity contribution < 1.29 is 4.79 Å². The minimum atomic E-state index is 0.462. The lowest BCUT2D eigenvalue weighted by Gasteiger charge is -1.97. The van der Waals surface area contributed by atoms with Gasteiger partial charge in [0.15, 0.2) is 0 Å². The molecule has 0 bridgehead atoms. The van der Waals surface area contributed by atoms with Gasteiger partial charge in [-0.3, -0.25) is 4.79 Å². The Hall–Kier alpha value is -0.590. The first-order chi connectivity index (χ1) is 5.84. The number of carbonyl (C=O) groups excluding carboxylic acids is 1. The molecule has 0 amide bonds. The van der Waals surface area contributed by atoms with Crippen LogP contribution in [0.25, 0.3) is 0 Å². The van der Waals surface area contributed by atoms with Gasteiger partial charge in [-0.25, -0.2) is 0 Å². The Morgan fingerprint density at radius 3 is 2.67 bits per heavy atom. The number of Topliss-reactive ketones (excluding diaryl/α,β-unsaturated/α-hetero) is 1. The zero-order chi connectivity index (χ0) is 8.81. The first-order valence-electron chi connectivity index (χ1n) is 4.98. The molecule has 68 valence electrons.